The van der Waals surface area contributed by atoms with Gasteiger partial charge in [-0.2, -0.15) is 30.2 Å². The minimum atomic E-state index is -0.543. The van der Waals surface area contributed by atoms with E-state index in [0.29, 0.717) is 44.9 Å². The summed E-state index contributed by atoms with van der Waals surface area (Å²) in [5.41, 5.74) is 3.48. The van der Waals surface area contributed by atoms with Crippen LogP contribution < -0.4 is 29.6 Å². The van der Waals surface area contributed by atoms with Gasteiger partial charge in [0.1, 0.15) is 4.60 Å². The Morgan fingerprint density at radius 3 is 1.56 bits per heavy atom. The molecule has 2 aliphatic heterocycles. The number of carbonyl (C=O) groups excluding carboxylic acids is 2. The molecule has 12 nitrogen and oxygen atoms in total. The Hall–Kier alpha value is -4.79. The van der Waals surface area contributed by atoms with Crippen LogP contribution >= 0.6 is 52.8 Å². The first-order valence-electron chi connectivity index (χ1n) is 18.9. The summed E-state index contributed by atoms with van der Waals surface area (Å²) in [6, 6.07) is 26.5. The average molecular weight is 1060 g/mol. The maximum absolute atomic E-state index is 12.9. The van der Waals surface area contributed by atoms with Crippen LogP contribution in [0.5, 0.6) is 23.0 Å². The van der Waals surface area contributed by atoms with Crippen LogP contribution in [0, 0.1) is 6.92 Å². The van der Waals surface area contributed by atoms with E-state index in [0.717, 1.165) is 64.4 Å². The van der Waals surface area contributed by atoms with Gasteiger partial charge in [-0.3, -0.25) is 14.6 Å². The van der Waals surface area contributed by atoms with E-state index in [1.165, 1.54) is 22.5 Å². The van der Waals surface area contributed by atoms with Crippen molar-refractivity contribution in [1.82, 2.24) is 19.9 Å². The van der Waals surface area contributed by atoms with Crippen LogP contribution in [0.2, 0.25) is 10.0 Å². The number of hydrogen-bond acceptors (Lipinski definition) is 10. The molecule has 2 saturated carbocycles. The van der Waals surface area contributed by atoms with Gasteiger partial charge in [-0.15, -0.1) is 12.1 Å². The van der Waals surface area contributed by atoms with Crippen molar-refractivity contribution >= 4 is 76.2 Å². The molecule has 4 heterocycles. The summed E-state index contributed by atoms with van der Waals surface area (Å²) in [5.74, 6) is 3.55. The molecule has 6 aromatic rings. The zero-order valence-corrected chi connectivity index (χ0v) is 40.2. The number of benzene rings is 4. The molecule has 0 atom stereocenters. The van der Waals surface area contributed by atoms with Crippen molar-refractivity contribution in [3.63, 3.8) is 0 Å². The standard InChI is InChI=1S/C22H18ClN3O3.C15H12BrN3O3.C7H6Cl.CH4.BrH.Zn/c23-17-4-2-1-3-14(17)9-16-11-25-20(12-24-16)26-21(27)22(7-8-22)15-5-6-18-19(10-15)29-13-28-18;16-12-6-18-13(7-17-12)19-14(20)15(3-4-15)9-1-2-10-11(5-9)22-8-21-10;1-6-4-2-3-5-7(6)8;;;/h1-6,10-12H,7-9,13H2,(H,25,26,27);1-2,5-7H,3-4,8H2,(H,18,19,20);2-5H,1H2;1H4;1H;/q;;-1;;;+2/p-1. The van der Waals surface area contributed by atoms with Crippen LogP contribution in [0.3, 0.4) is 0 Å². The van der Waals surface area contributed by atoms with Gasteiger partial charge in [0.25, 0.3) is 0 Å². The molecule has 4 aromatic carbocycles. The first kappa shape index (κ1) is 46.7. The normalized spacial score (nSPS) is 14.7. The van der Waals surface area contributed by atoms with Crippen molar-refractivity contribution in [2.24, 2.45) is 0 Å². The van der Waals surface area contributed by atoms with Gasteiger partial charge in [-0.1, -0.05) is 60.4 Å². The number of nitrogens with one attached hydrogen (secondary N) is 2. The number of rotatable bonds is 8. The number of hydrogen-bond donors (Lipinski definition) is 2. The fourth-order valence-electron chi connectivity index (χ4n) is 6.63. The molecule has 17 heteroatoms. The molecule has 2 fully saturated rings. The van der Waals surface area contributed by atoms with Crippen molar-refractivity contribution < 1.29 is 44.9 Å². The Bertz CT molecular complexity index is 2490. The van der Waals surface area contributed by atoms with Gasteiger partial charge in [-0.05, 0) is 88.6 Å². The molecule has 4 aliphatic rings. The number of aromatic nitrogens is 4. The van der Waals surface area contributed by atoms with Crippen LogP contribution in [0.1, 0.15) is 61.1 Å². The number of halogens is 4. The fourth-order valence-corrected chi connectivity index (χ4v) is 7.17. The second-order valence-corrected chi connectivity index (χ2v) is 15.8. The third kappa shape index (κ3) is 11.0. The van der Waals surface area contributed by atoms with Gasteiger partial charge in [0.2, 0.25) is 25.4 Å². The van der Waals surface area contributed by atoms with Crippen LogP contribution in [0.25, 0.3) is 0 Å². The maximum atomic E-state index is 12.9. The molecule has 0 radical (unpaired) electrons. The summed E-state index contributed by atoms with van der Waals surface area (Å²) >= 11 is 19.3. The Morgan fingerprint density at radius 1 is 0.645 bits per heavy atom. The molecular weight excluding hydrogens is 1020 g/mol. The average Bonchev–Trinajstić information content (AvgIpc) is 4.18. The van der Waals surface area contributed by atoms with E-state index >= 15 is 0 Å². The molecule has 0 bridgehead atoms. The summed E-state index contributed by atoms with van der Waals surface area (Å²) in [4.78, 5) is 42.5. The molecule has 62 heavy (non-hydrogen) atoms. The van der Waals surface area contributed by atoms with Gasteiger partial charge < -0.3 is 29.6 Å². The number of nitrogens with zero attached hydrogens (tertiary/aromatic N) is 4. The summed E-state index contributed by atoms with van der Waals surface area (Å²) in [6.45, 7) is 4.13. The summed E-state index contributed by atoms with van der Waals surface area (Å²) in [7, 11) is 0. The molecule has 2 aliphatic carbocycles. The van der Waals surface area contributed by atoms with Crippen molar-refractivity contribution in [2.75, 3.05) is 24.2 Å². The first-order valence-corrected chi connectivity index (χ1v) is 27.4. The predicted molar refractivity (Wildman–Crippen MR) is 242 cm³/mol. The molecule has 0 unspecified atom stereocenters. The summed E-state index contributed by atoms with van der Waals surface area (Å²) < 4.78 is 22.1. The van der Waals surface area contributed by atoms with Crippen molar-refractivity contribution in [3.8, 4) is 23.0 Å². The van der Waals surface area contributed by atoms with Crippen molar-refractivity contribution in [2.45, 2.75) is 50.4 Å². The van der Waals surface area contributed by atoms with E-state index in [4.69, 9.17) is 42.1 Å². The van der Waals surface area contributed by atoms with Gasteiger partial charge in [0, 0.05) is 11.4 Å². The topological polar surface area (TPSA) is 147 Å². The van der Waals surface area contributed by atoms with Crippen LogP contribution in [0.4, 0.5) is 11.6 Å². The SMILES string of the molecule is C.O=C(Nc1cnc(Br)cn1)C1(c2ccc3c(c2)OCO3)CC1.O=C(Nc1cnc(Cc2ccccc2Cl)cn1)C1(c2ccc3c(c2)OCO3)CC1.[CH2-]c1ccccc1Cl.[Zn+][Br]. The van der Waals surface area contributed by atoms with E-state index in [9.17, 15) is 9.59 Å². The number of ether oxygens (including phenoxy) is 4. The van der Waals surface area contributed by atoms with Crippen molar-refractivity contribution in [1.29, 1.82) is 0 Å². The Labute approximate surface area is 395 Å². The predicted octanol–water partition coefficient (Wildman–Crippen LogP) is 10.8. The molecule has 2 aromatic heterocycles. The third-order valence-corrected chi connectivity index (χ3v) is 11.5. The van der Waals surface area contributed by atoms with Crippen LogP contribution in [-0.2, 0) is 43.2 Å². The monoisotopic (exact) mass is 1050 g/mol. The zero-order valence-electron chi connectivity index (χ0n) is 32.5. The Balaban J connectivity index is 0.000000171. The summed E-state index contributed by atoms with van der Waals surface area (Å²) in [6.07, 6.45) is 10.1. The van der Waals surface area contributed by atoms with E-state index in [-0.39, 0.29) is 32.8 Å². The molecule has 2 amide bonds. The number of amides is 2. The quantitative estimate of drug-likeness (QED) is 0.112. The zero-order chi connectivity index (χ0) is 43.0. The molecule has 316 valence electrons. The van der Waals surface area contributed by atoms with Crippen LogP contribution in [-0.4, -0.2) is 45.3 Å². The first-order chi connectivity index (χ1) is 29.6. The number of fused-ring (bicyclic) bond motifs is 2. The minimum absolute atomic E-state index is 0. The summed E-state index contributed by atoms with van der Waals surface area (Å²) in [5, 5.41) is 7.16. The third-order valence-electron chi connectivity index (χ3n) is 10.3. The van der Waals surface area contributed by atoms with Gasteiger partial charge >= 0.3 is 30.0 Å². The Kier molecular flexibility index (Phi) is 15.9. The molecule has 10 rings (SSSR count). The second kappa shape index (κ2) is 21.1. The molecule has 2 N–H and O–H groups in total. The molecule has 0 spiro atoms. The fraction of sp³-hybridized carbons (Fsp3) is 0.222. The number of carbonyl (C=O) groups is 2. The van der Waals surface area contributed by atoms with Gasteiger partial charge in [0.05, 0.1) is 41.3 Å². The second-order valence-electron chi connectivity index (χ2n) is 14.2. The van der Waals surface area contributed by atoms with Gasteiger partial charge in [0.15, 0.2) is 34.6 Å². The van der Waals surface area contributed by atoms with E-state index in [1.807, 2.05) is 84.9 Å². The van der Waals surface area contributed by atoms with Crippen LogP contribution in [0.15, 0.2) is 114 Å². The van der Waals surface area contributed by atoms with Gasteiger partial charge in [-0.25, -0.2) is 15.0 Å². The van der Waals surface area contributed by atoms with E-state index < -0.39 is 10.8 Å². The van der Waals surface area contributed by atoms with E-state index in [2.05, 4.69) is 67.0 Å². The van der Waals surface area contributed by atoms with Crippen molar-refractivity contribution in [3.05, 3.63) is 159 Å². The molecule has 0 saturated heterocycles. The molecular formula is C45H40Br2Cl2N6O6Zn. The van der Waals surface area contributed by atoms with E-state index in [1.54, 1.807) is 18.6 Å². The Morgan fingerprint density at radius 2 is 1.13 bits per heavy atom. The number of anilines is 2.